The molecule has 96 valence electrons. The minimum Gasteiger partial charge on any atom is -0.271 e. The van der Waals surface area contributed by atoms with Crippen LogP contribution >= 0.6 is 15.9 Å². The minimum atomic E-state index is -0.306. The molecule has 3 N–H and O–H groups in total. The van der Waals surface area contributed by atoms with Crippen molar-refractivity contribution in [3.63, 3.8) is 0 Å². The van der Waals surface area contributed by atoms with Crippen LogP contribution in [0.25, 0.3) is 0 Å². The van der Waals surface area contributed by atoms with Crippen molar-refractivity contribution in [2.75, 3.05) is 0 Å². The van der Waals surface area contributed by atoms with E-state index in [-0.39, 0.29) is 11.9 Å². The predicted molar refractivity (Wildman–Crippen MR) is 69.0 cm³/mol. The first-order chi connectivity index (χ1) is 8.54. The molecular formula is C11H13BrFN5. The van der Waals surface area contributed by atoms with Crippen molar-refractivity contribution < 1.29 is 4.39 Å². The molecule has 1 aromatic carbocycles. The molecule has 5 nitrogen and oxygen atoms in total. The number of hydrogen-bond acceptors (Lipinski definition) is 4. The van der Waals surface area contributed by atoms with E-state index in [4.69, 9.17) is 5.84 Å². The molecule has 2 aromatic rings. The van der Waals surface area contributed by atoms with Crippen LogP contribution in [0.15, 0.2) is 22.8 Å². The van der Waals surface area contributed by atoms with Crippen LogP contribution in [-0.2, 0) is 7.05 Å². The first kappa shape index (κ1) is 13.1. The summed E-state index contributed by atoms with van der Waals surface area (Å²) in [5, 5.41) is 7.83. The molecule has 0 saturated heterocycles. The van der Waals surface area contributed by atoms with Crippen molar-refractivity contribution >= 4 is 15.9 Å². The molecule has 1 heterocycles. The Labute approximate surface area is 112 Å². The Morgan fingerprint density at radius 3 is 2.72 bits per heavy atom. The third-order valence-corrected chi connectivity index (χ3v) is 3.37. The lowest BCUT2D eigenvalue weighted by molar-refractivity contribution is 0.564. The maximum atomic E-state index is 13.1. The van der Waals surface area contributed by atoms with E-state index in [1.165, 1.54) is 12.1 Å². The van der Waals surface area contributed by atoms with Crippen LogP contribution in [0, 0.1) is 12.7 Å². The van der Waals surface area contributed by atoms with Gasteiger partial charge in [0.2, 0.25) is 0 Å². The van der Waals surface area contributed by atoms with E-state index in [9.17, 15) is 4.39 Å². The molecule has 7 heteroatoms. The van der Waals surface area contributed by atoms with Gasteiger partial charge in [-0.25, -0.2) is 14.5 Å². The van der Waals surface area contributed by atoms with Crippen molar-refractivity contribution in [3.05, 3.63) is 45.4 Å². The predicted octanol–water partition coefficient (Wildman–Crippen LogP) is 1.58. The monoisotopic (exact) mass is 313 g/mol. The zero-order chi connectivity index (χ0) is 13.3. The fourth-order valence-electron chi connectivity index (χ4n) is 1.92. The zero-order valence-corrected chi connectivity index (χ0v) is 11.6. The van der Waals surface area contributed by atoms with Crippen LogP contribution in [0.1, 0.15) is 22.9 Å². The van der Waals surface area contributed by atoms with Gasteiger partial charge in [-0.05, 0) is 46.1 Å². The summed E-state index contributed by atoms with van der Waals surface area (Å²) >= 11 is 3.33. The van der Waals surface area contributed by atoms with E-state index >= 15 is 0 Å². The average molecular weight is 314 g/mol. The number of aromatic nitrogens is 3. The molecule has 0 amide bonds. The second-order valence-corrected chi connectivity index (χ2v) is 4.74. The molecule has 18 heavy (non-hydrogen) atoms. The van der Waals surface area contributed by atoms with Gasteiger partial charge in [0.15, 0.2) is 4.60 Å². The first-order valence-corrected chi connectivity index (χ1v) is 6.11. The molecule has 0 saturated carbocycles. The summed E-state index contributed by atoms with van der Waals surface area (Å²) in [7, 11) is 1.77. The molecular weight excluding hydrogens is 301 g/mol. The highest BCUT2D eigenvalue weighted by molar-refractivity contribution is 9.10. The number of rotatable bonds is 3. The number of hydrazine groups is 1. The van der Waals surface area contributed by atoms with Crippen LogP contribution in [0.3, 0.4) is 0 Å². The van der Waals surface area contributed by atoms with E-state index in [1.807, 2.05) is 6.92 Å². The van der Waals surface area contributed by atoms with Crippen molar-refractivity contribution in [2.24, 2.45) is 12.9 Å². The lowest BCUT2D eigenvalue weighted by Crippen LogP contribution is -2.31. The number of hydrogen-bond donors (Lipinski definition) is 2. The van der Waals surface area contributed by atoms with Gasteiger partial charge in [-0.2, -0.15) is 0 Å². The van der Waals surface area contributed by atoms with E-state index in [1.54, 1.807) is 17.8 Å². The van der Waals surface area contributed by atoms with E-state index in [0.717, 1.165) is 16.8 Å². The zero-order valence-electron chi connectivity index (χ0n) is 9.98. The van der Waals surface area contributed by atoms with Crippen molar-refractivity contribution in [3.8, 4) is 0 Å². The summed E-state index contributed by atoms with van der Waals surface area (Å²) in [6, 6.07) is 4.27. The summed E-state index contributed by atoms with van der Waals surface area (Å²) in [6.45, 7) is 1.83. The summed E-state index contributed by atoms with van der Waals surface area (Å²) in [6.07, 6.45) is 0. The van der Waals surface area contributed by atoms with Crippen LogP contribution in [0.4, 0.5) is 4.39 Å². The third kappa shape index (κ3) is 2.29. The second kappa shape index (κ2) is 5.13. The number of halogens is 2. The molecule has 0 bridgehead atoms. The molecule has 1 aromatic heterocycles. The number of nitrogens with one attached hydrogen (secondary N) is 1. The van der Waals surface area contributed by atoms with E-state index in [2.05, 4.69) is 31.7 Å². The highest BCUT2D eigenvalue weighted by Gasteiger charge is 2.22. The van der Waals surface area contributed by atoms with Crippen LogP contribution in [0.2, 0.25) is 0 Å². The normalized spacial score (nSPS) is 12.7. The Morgan fingerprint density at radius 1 is 1.50 bits per heavy atom. The van der Waals surface area contributed by atoms with Gasteiger partial charge in [-0.3, -0.25) is 5.84 Å². The average Bonchev–Trinajstić information content (AvgIpc) is 2.64. The Kier molecular flexibility index (Phi) is 3.74. The van der Waals surface area contributed by atoms with Gasteiger partial charge >= 0.3 is 0 Å². The maximum Gasteiger partial charge on any atom is 0.153 e. The summed E-state index contributed by atoms with van der Waals surface area (Å²) in [5.74, 6) is 5.34. The van der Waals surface area contributed by atoms with Crippen molar-refractivity contribution in [1.82, 2.24) is 20.4 Å². The molecule has 0 aliphatic heterocycles. The Bertz CT molecular complexity index is 549. The topological polar surface area (TPSA) is 68.8 Å². The van der Waals surface area contributed by atoms with E-state index in [0.29, 0.717) is 4.60 Å². The summed E-state index contributed by atoms with van der Waals surface area (Å²) in [5.41, 5.74) is 5.18. The van der Waals surface area contributed by atoms with Gasteiger partial charge in [0.05, 0.1) is 11.7 Å². The number of aryl methyl sites for hydroxylation is 2. The minimum absolute atomic E-state index is 0.269. The number of nitrogens with zero attached hydrogens (tertiary/aromatic N) is 3. The Morgan fingerprint density at radius 2 is 2.22 bits per heavy atom. The second-order valence-electron chi connectivity index (χ2n) is 3.99. The van der Waals surface area contributed by atoms with Crippen molar-refractivity contribution in [1.29, 1.82) is 0 Å². The fourth-order valence-corrected chi connectivity index (χ4v) is 2.48. The van der Waals surface area contributed by atoms with Crippen LogP contribution in [-0.4, -0.2) is 15.0 Å². The van der Waals surface area contributed by atoms with Gasteiger partial charge in [0.1, 0.15) is 5.82 Å². The van der Waals surface area contributed by atoms with Crippen LogP contribution < -0.4 is 11.3 Å². The molecule has 1 unspecified atom stereocenters. The maximum absolute atomic E-state index is 13.1. The highest BCUT2D eigenvalue weighted by Crippen LogP contribution is 2.28. The van der Waals surface area contributed by atoms with Gasteiger partial charge in [-0.1, -0.05) is 11.3 Å². The Hall–Kier alpha value is -1.31. The molecule has 0 fully saturated rings. The lowest BCUT2D eigenvalue weighted by atomic mass is 9.99. The molecule has 0 spiro atoms. The standard InChI is InChI=1S/C11H13BrFN5/c1-6-5-7(13)3-4-8(6)9(15-14)10-11(12)16-17-18(10)2/h3-5,9,15H,14H2,1-2H3. The molecule has 1 atom stereocenters. The van der Waals surface area contributed by atoms with Crippen LogP contribution in [0.5, 0.6) is 0 Å². The quantitative estimate of drug-likeness (QED) is 0.667. The lowest BCUT2D eigenvalue weighted by Gasteiger charge is -2.18. The highest BCUT2D eigenvalue weighted by atomic mass is 79.9. The van der Waals surface area contributed by atoms with Gasteiger partial charge in [0, 0.05) is 7.05 Å². The van der Waals surface area contributed by atoms with Gasteiger partial charge < -0.3 is 0 Å². The largest absolute Gasteiger partial charge is 0.271 e. The SMILES string of the molecule is Cc1cc(F)ccc1C(NN)c1c(Br)nnn1C. The molecule has 0 aliphatic rings. The summed E-state index contributed by atoms with van der Waals surface area (Å²) < 4.78 is 15.4. The smallest absolute Gasteiger partial charge is 0.153 e. The van der Waals surface area contributed by atoms with E-state index < -0.39 is 0 Å². The molecule has 2 rings (SSSR count). The first-order valence-electron chi connectivity index (χ1n) is 5.32. The fraction of sp³-hybridized carbons (Fsp3) is 0.273. The van der Waals surface area contributed by atoms with Gasteiger partial charge in [-0.15, -0.1) is 5.10 Å². The van der Waals surface area contributed by atoms with Crippen molar-refractivity contribution in [2.45, 2.75) is 13.0 Å². The number of benzene rings is 1. The van der Waals surface area contributed by atoms with Gasteiger partial charge in [0.25, 0.3) is 0 Å². The molecule has 0 radical (unpaired) electrons. The third-order valence-electron chi connectivity index (χ3n) is 2.81. The summed E-state index contributed by atoms with van der Waals surface area (Å²) in [4.78, 5) is 0. The Balaban J connectivity index is 2.52. The molecule has 0 aliphatic carbocycles. The number of nitrogens with two attached hydrogens (primary N) is 1.